The van der Waals surface area contributed by atoms with Gasteiger partial charge in [-0.3, -0.25) is 4.79 Å². The number of amides is 1. The summed E-state index contributed by atoms with van der Waals surface area (Å²) >= 11 is 0. The first kappa shape index (κ1) is 22.4. The summed E-state index contributed by atoms with van der Waals surface area (Å²) in [4.78, 5) is 17.9. The van der Waals surface area contributed by atoms with Crippen molar-refractivity contribution in [3.63, 3.8) is 0 Å². The molecule has 3 rings (SSSR count). The van der Waals surface area contributed by atoms with E-state index in [-0.39, 0.29) is 17.3 Å². The van der Waals surface area contributed by atoms with Gasteiger partial charge in [0.05, 0.1) is 22.4 Å². The van der Waals surface area contributed by atoms with Crippen molar-refractivity contribution >= 4 is 28.2 Å². The molecule has 1 N–H and O–H groups in total. The smallest absolute Gasteiger partial charge is 0.345 e. The van der Waals surface area contributed by atoms with Crippen LogP contribution in [0.3, 0.4) is 0 Å². The SMILES string of the molecule is Cc1cccc2c(Nc3cc(C(F)(F)F)ccc3C(F)(F)F)ncc(C(=O)N(C)C)c12. The Labute approximate surface area is 173 Å². The van der Waals surface area contributed by atoms with Crippen LogP contribution in [0, 0.1) is 6.92 Å². The number of aromatic nitrogens is 1. The molecule has 10 heteroatoms. The van der Waals surface area contributed by atoms with E-state index < -0.39 is 29.2 Å². The Bertz CT molecular complexity index is 1150. The molecule has 0 unspecified atom stereocenters. The Morgan fingerprint density at radius 2 is 1.68 bits per heavy atom. The zero-order chi connectivity index (χ0) is 23.1. The molecule has 1 amide bonds. The molecule has 0 saturated heterocycles. The summed E-state index contributed by atoms with van der Waals surface area (Å²) in [7, 11) is 3.08. The molecule has 0 aliphatic rings. The van der Waals surface area contributed by atoms with Crippen LogP contribution in [0.25, 0.3) is 10.8 Å². The Balaban J connectivity index is 2.22. The van der Waals surface area contributed by atoms with Crippen LogP contribution in [0.2, 0.25) is 0 Å². The predicted octanol–water partition coefficient (Wildman–Crippen LogP) is 6.03. The number of nitrogens with zero attached hydrogens (tertiary/aromatic N) is 2. The van der Waals surface area contributed by atoms with Crippen molar-refractivity contribution in [1.82, 2.24) is 9.88 Å². The molecule has 0 aliphatic carbocycles. The summed E-state index contributed by atoms with van der Waals surface area (Å²) in [5, 5.41) is 3.15. The summed E-state index contributed by atoms with van der Waals surface area (Å²) in [6.45, 7) is 1.71. The number of aryl methyl sites for hydroxylation is 1. The topological polar surface area (TPSA) is 45.2 Å². The minimum Gasteiger partial charge on any atom is -0.345 e. The normalized spacial score (nSPS) is 12.2. The van der Waals surface area contributed by atoms with E-state index in [9.17, 15) is 31.1 Å². The first-order valence-electron chi connectivity index (χ1n) is 8.96. The summed E-state index contributed by atoms with van der Waals surface area (Å²) in [6.07, 6.45) is -8.52. The highest BCUT2D eigenvalue weighted by Crippen LogP contribution is 2.40. The van der Waals surface area contributed by atoms with Gasteiger partial charge in [-0.1, -0.05) is 18.2 Å². The summed E-state index contributed by atoms with van der Waals surface area (Å²) < 4.78 is 79.5. The van der Waals surface area contributed by atoms with Crippen LogP contribution in [-0.2, 0) is 12.4 Å². The van der Waals surface area contributed by atoms with Crippen molar-refractivity contribution < 1.29 is 31.1 Å². The molecule has 0 bridgehead atoms. The Kier molecular flexibility index (Phi) is 5.60. The highest BCUT2D eigenvalue weighted by Gasteiger charge is 2.37. The molecule has 0 saturated carbocycles. The van der Waals surface area contributed by atoms with Crippen molar-refractivity contribution in [2.24, 2.45) is 0 Å². The van der Waals surface area contributed by atoms with Crippen LogP contribution in [0.4, 0.5) is 37.8 Å². The lowest BCUT2D eigenvalue weighted by atomic mass is 10.0. The Morgan fingerprint density at radius 1 is 1.00 bits per heavy atom. The number of anilines is 2. The number of rotatable bonds is 3. The average molecular weight is 441 g/mol. The number of halogens is 6. The molecule has 2 aromatic carbocycles. The van der Waals surface area contributed by atoms with Crippen molar-refractivity contribution in [2.45, 2.75) is 19.3 Å². The van der Waals surface area contributed by atoms with E-state index in [4.69, 9.17) is 0 Å². The quantitative estimate of drug-likeness (QED) is 0.505. The number of pyridine rings is 1. The monoisotopic (exact) mass is 441 g/mol. The minimum atomic E-state index is -4.89. The van der Waals surface area contributed by atoms with Crippen molar-refractivity contribution in [1.29, 1.82) is 0 Å². The van der Waals surface area contributed by atoms with Gasteiger partial charge in [-0.15, -0.1) is 0 Å². The van der Waals surface area contributed by atoms with E-state index in [2.05, 4.69) is 10.3 Å². The average Bonchev–Trinajstić information content (AvgIpc) is 2.66. The van der Waals surface area contributed by atoms with E-state index in [0.29, 0.717) is 34.5 Å². The first-order valence-corrected chi connectivity index (χ1v) is 8.96. The number of benzene rings is 2. The molecule has 0 spiro atoms. The van der Waals surface area contributed by atoms with E-state index in [1.54, 1.807) is 19.1 Å². The van der Waals surface area contributed by atoms with Gasteiger partial charge in [-0.25, -0.2) is 4.98 Å². The Morgan fingerprint density at radius 3 is 2.26 bits per heavy atom. The van der Waals surface area contributed by atoms with Crippen molar-refractivity contribution in [3.8, 4) is 0 Å². The van der Waals surface area contributed by atoms with Crippen LogP contribution in [0.1, 0.15) is 27.0 Å². The van der Waals surface area contributed by atoms with Gasteiger partial charge in [-0.2, -0.15) is 26.3 Å². The Hall–Kier alpha value is -3.30. The zero-order valence-corrected chi connectivity index (χ0v) is 16.6. The molecule has 31 heavy (non-hydrogen) atoms. The van der Waals surface area contributed by atoms with Crippen molar-refractivity contribution in [2.75, 3.05) is 19.4 Å². The fourth-order valence-corrected chi connectivity index (χ4v) is 3.19. The molecule has 0 atom stereocenters. The predicted molar refractivity (Wildman–Crippen MR) is 104 cm³/mol. The number of carbonyl (C=O) groups excluding carboxylic acids is 1. The molecule has 0 aliphatic heterocycles. The maximum absolute atomic E-state index is 13.4. The van der Waals surface area contributed by atoms with Gasteiger partial charge in [0.2, 0.25) is 0 Å². The van der Waals surface area contributed by atoms with Gasteiger partial charge < -0.3 is 10.2 Å². The largest absolute Gasteiger partial charge is 0.418 e. The molecule has 0 radical (unpaired) electrons. The van der Waals surface area contributed by atoms with Crippen molar-refractivity contribution in [3.05, 3.63) is 64.8 Å². The summed E-state index contributed by atoms with van der Waals surface area (Å²) in [6, 6.07) is 6.01. The number of alkyl halides is 6. The highest BCUT2D eigenvalue weighted by atomic mass is 19.4. The number of hydrogen-bond donors (Lipinski definition) is 1. The molecule has 3 aromatic rings. The molecule has 0 fully saturated rings. The van der Waals surface area contributed by atoms with Gasteiger partial charge in [0.15, 0.2) is 0 Å². The van der Waals surface area contributed by atoms with E-state index in [0.717, 1.165) is 0 Å². The van der Waals surface area contributed by atoms with Gasteiger partial charge in [0, 0.05) is 31.1 Å². The molecular weight excluding hydrogens is 424 g/mol. The van der Waals surface area contributed by atoms with Crippen LogP contribution in [0.15, 0.2) is 42.6 Å². The molecule has 1 aromatic heterocycles. The lowest BCUT2D eigenvalue weighted by Crippen LogP contribution is -2.22. The number of hydrogen-bond acceptors (Lipinski definition) is 3. The number of nitrogens with one attached hydrogen (secondary N) is 1. The van der Waals surface area contributed by atoms with Crippen LogP contribution >= 0.6 is 0 Å². The molecule has 4 nitrogen and oxygen atoms in total. The maximum atomic E-state index is 13.4. The maximum Gasteiger partial charge on any atom is 0.418 e. The third-order valence-corrected chi connectivity index (χ3v) is 4.66. The molecule has 1 heterocycles. The fourth-order valence-electron chi connectivity index (χ4n) is 3.19. The summed E-state index contributed by atoms with van der Waals surface area (Å²) in [5.41, 5.74) is -2.40. The zero-order valence-electron chi connectivity index (χ0n) is 16.6. The van der Waals surface area contributed by atoms with Crippen LogP contribution in [0.5, 0.6) is 0 Å². The lowest BCUT2D eigenvalue weighted by Gasteiger charge is -2.19. The van der Waals surface area contributed by atoms with E-state index in [1.807, 2.05) is 0 Å². The van der Waals surface area contributed by atoms with Gasteiger partial charge in [0.1, 0.15) is 5.82 Å². The number of carbonyl (C=O) groups is 1. The van der Waals surface area contributed by atoms with Gasteiger partial charge >= 0.3 is 12.4 Å². The molecular formula is C21H17F6N3O. The molecule has 164 valence electrons. The number of fused-ring (bicyclic) bond motifs is 1. The van der Waals surface area contributed by atoms with Gasteiger partial charge in [0.25, 0.3) is 5.91 Å². The van der Waals surface area contributed by atoms with E-state index >= 15 is 0 Å². The van der Waals surface area contributed by atoms with E-state index in [1.165, 1.54) is 31.3 Å². The third kappa shape index (κ3) is 4.42. The second kappa shape index (κ2) is 7.75. The highest BCUT2D eigenvalue weighted by molar-refractivity contribution is 6.10. The lowest BCUT2D eigenvalue weighted by molar-refractivity contribution is -0.140. The minimum absolute atomic E-state index is 0.0983. The standard InChI is InChI=1S/C21H17F6N3O/c1-11-5-4-6-13-17(11)14(19(31)30(2)3)10-28-18(13)29-16-9-12(20(22,23)24)7-8-15(16)21(25,26)27/h4-10H,1-3H3,(H,28,29). The van der Waals surface area contributed by atoms with Gasteiger partial charge in [-0.05, 0) is 30.7 Å². The third-order valence-electron chi connectivity index (χ3n) is 4.66. The second-order valence-electron chi connectivity index (χ2n) is 7.10. The first-order chi connectivity index (χ1) is 14.3. The van der Waals surface area contributed by atoms with Crippen LogP contribution in [-0.4, -0.2) is 29.9 Å². The second-order valence-corrected chi connectivity index (χ2v) is 7.10. The summed E-state index contributed by atoms with van der Waals surface area (Å²) in [5.74, 6) is -0.466. The van der Waals surface area contributed by atoms with Crippen LogP contribution < -0.4 is 5.32 Å². The fraction of sp³-hybridized carbons (Fsp3) is 0.238.